The lowest BCUT2D eigenvalue weighted by molar-refractivity contribution is -0.115. The molecule has 0 heterocycles. The number of hydrogen-bond acceptors (Lipinski definition) is 2. The molecule has 0 aliphatic heterocycles. The first kappa shape index (κ1) is 11.6. The van der Waals surface area contributed by atoms with E-state index in [1.165, 1.54) is 19.9 Å². The Morgan fingerprint density at radius 1 is 1.08 bits per heavy atom. The van der Waals surface area contributed by atoms with Crippen LogP contribution >= 0.6 is 0 Å². The molecule has 0 aromatic carbocycles. The third-order valence-electron chi connectivity index (χ3n) is 1.59. The van der Waals surface area contributed by atoms with Crippen LogP contribution in [0.2, 0.25) is 0 Å². The summed E-state index contributed by atoms with van der Waals surface area (Å²) in [6, 6.07) is 0. The van der Waals surface area contributed by atoms with Crippen LogP contribution < -0.4 is 0 Å². The highest BCUT2D eigenvalue weighted by atomic mass is 16.1. The number of ketones is 2. The van der Waals surface area contributed by atoms with Gasteiger partial charge in [0, 0.05) is 11.1 Å². The Bertz CT molecular complexity index is 293. The van der Waals surface area contributed by atoms with Crippen LogP contribution in [0.5, 0.6) is 0 Å². The Labute approximate surface area is 78.6 Å². The Hall–Kier alpha value is -1.44. The molecule has 0 atom stereocenters. The van der Waals surface area contributed by atoms with Crippen LogP contribution in [0.1, 0.15) is 20.8 Å². The summed E-state index contributed by atoms with van der Waals surface area (Å²) >= 11 is 0. The number of carbonyl (C=O) groups excluding carboxylic acids is 2. The van der Waals surface area contributed by atoms with E-state index in [-0.39, 0.29) is 11.6 Å². The van der Waals surface area contributed by atoms with Crippen molar-refractivity contribution in [1.29, 1.82) is 0 Å². The lowest BCUT2D eigenvalue weighted by atomic mass is 10.0. The average molecular weight is 178 g/mol. The van der Waals surface area contributed by atoms with Gasteiger partial charge in [0.05, 0.1) is 0 Å². The molecule has 0 N–H and O–H groups in total. The highest BCUT2D eigenvalue weighted by Gasteiger charge is 2.09. The molecule has 0 saturated heterocycles. The molecular weight excluding hydrogens is 164 g/mol. The second kappa shape index (κ2) is 5.25. The van der Waals surface area contributed by atoms with Crippen molar-refractivity contribution in [3.8, 4) is 0 Å². The van der Waals surface area contributed by atoms with Crippen molar-refractivity contribution in [1.82, 2.24) is 0 Å². The Morgan fingerprint density at radius 2 is 1.54 bits per heavy atom. The minimum absolute atomic E-state index is 0.122. The maximum absolute atomic E-state index is 11.1. The number of carbonyl (C=O) groups is 2. The monoisotopic (exact) mass is 178 g/mol. The van der Waals surface area contributed by atoms with Crippen molar-refractivity contribution >= 4 is 11.6 Å². The van der Waals surface area contributed by atoms with Gasteiger partial charge in [-0.05, 0) is 20.8 Å². The molecule has 13 heavy (non-hydrogen) atoms. The molecule has 0 aromatic rings. The van der Waals surface area contributed by atoms with Crippen LogP contribution in [0.3, 0.4) is 0 Å². The molecule has 0 aliphatic carbocycles. The second-order valence-electron chi connectivity index (χ2n) is 2.64. The number of hydrogen-bond donors (Lipinski definition) is 0. The summed E-state index contributed by atoms with van der Waals surface area (Å²) in [5, 5.41) is 0. The Balaban J connectivity index is 5.38. The number of Topliss-reactive ketones (excluding diaryl/α,β-unsaturated/α-hetero) is 2. The van der Waals surface area contributed by atoms with Gasteiger partial charge in [0.15, 0.2) is 11.6 Å². The van der Waals surface area contributed by atoms with Crippen LogP contribution in [0.25, 0.3) is 0 Å². The van der Waals surface area contributed by atoms with Crippen molar-refractivity contribution < 1.29 is 9.59 Å². The third-order valence-corrected chi connectivity index (χ3v) is 1.59. The van der Waals surface area contributed by atoms with Gasteiger partial charge in [-0.2, -0.15) is 0 Å². The highest BCUT2D eigenvalue weighted by Crippen LogP contribution is 2.10. The average Bonchev–Trinajstić information content (AvgIpc) is 2.03. The van der Waals surface area contributed by atoms with Crippen LogP contribution in [0.15, 0.2) is 36.0 Å². The van der Waals surface area contributed by atoms with Gasteiger partial charge in [0.25, 0.3) is 0 Å². The zero-order chi connectivity index (χ0) is 10.4. The first-order chi connectivity index (χ1) is 6.04. The molecule has 0 amide bonds. The van der Waals surface area contributed by atoms with Crippen LogP contribution in [-0.2, 0) is 9.59 Å². The van der Waals surface area contributed by atoms with E-state index < -0.39 is 0 Å². The van der Waals surface area contributed by atoms with Crippen molar-refractivity contribution in [2.24, 2.45) is 0 Å². The van der Waals surface area contributed by atoms with Gasteiger partial charge in [-0.15, -0.1) is 0 Å². The van der Waals surface area contributed by atoms with Crippen molar-refractivity contribution in [3.05, 3.63) is 36.0 Å². The summed E-state index contributed by atoms with van der Waals surface area (Å²) in [5.41, 5.74) is 0.801. The molecule has 2 nitrogen and oxygen atoms in total. The molecular formula is C11H14O2. The molecule has 0 bridgehead atoms. The molecule has 0 aliphatic rings. The fourth-order valence-corrected chi connectivity index (χ4v) is 1.01. The fourth-order valence-electron chi connectivity index (χ4n) is 1.01. The third kappa shape index (κ3) is 3.20. The standard InChI is InChI=1S/C11H14O2/c1-5-7-11(9(4)13)10(6-2)8(3)12/h5-7H,2H2,1,3-4H3/b7-5-,11-10-. The van der Waals surface area contributed by atoms with Crippen LogP contribution in [-0.4, -0.2) is 11.6 Å². The lowest BCUT2D eigenvalue weighted by Gasteiger charge is -2.01. The predicted molar refractivity (Wildman–Crippen MR) is 53.4 cm³/mol. The van der Waals surface area contributed by atoms with Crippen LogP contribution in [0.4, 0.5) is 0 Å². The molecule has 0 aromatic heterocycles. The van der Waals surface area contributed by atoms with Crippen LogP contribution in [0, 0.1) is 0 Å². The summed E-state index contributed by atoms with van der Waals surface area (Å²) in [7, 11) is 0. The van der Waals surface area contributed by atoms with Gasteiger partial charge < -0.3 is 0 Å². The zero-order valence-electron chi connectivity index (χ0n) is 8.26. The molecule has 0 fully saturated rings. The summed E-state index contributed by atoms with van der Waals surface area (Å²) in [6.07, 6.45) is 4.77. The van der Waals surface area contributed by atoms with Gasteiger partial charge in [0.2, 0.25) is 0 Å². The number of allylic oxidation sites excluding steroid dienone is 5. The summed E-state index contributed by atoms with van der Waals surface area (Å²) < 4.78 is 0. The summed E-state index contributed by atoms with van der Waals surface area (Å²) in [4.78, 5) is 22.2. The molecule has 0 unspecified atom stereocenters. The zero-order valence-corrected chi connectivity index (χ0v) is 8.26. The predicted octanol–water partition coefficient (Wildman–Crippen LogP) is 2.22. The van der Waals surface area contributed by atoms with Gasteiger partial charge in [0.1, 0.15) is 0 Å². The molecule has 0 spiro atoms. The Morgan fingerprint density at radius 3 is 1.77 bits per heavy atom. The van der Waals surface area contributed by atoms with E-state index in [1.54, 1.807) is 19.1 Å². The van der Waals surface area contributed by atoms with Gasteiger partial charge in [-0.3, -0.25) is 9.59 Å². The van der Waals surface area contributed by atoms with E-state index in [9.17, 15) is 9.59 Å². The maximum atomic E-state index is 11.1. The normalized spacial score (nSPS) is 12.5. The van der Waals surface area contributed by atoms with Crippen molar-refractivity contribution in [3.63, 3.8) is 0 Å². The minimum atomic E-state index is -0.140. The largest absolute Gasteiger partial charge is 0.294 e. The first-order valence-electron chi connectivity index (χ1n) is 4.05. The molecule has 0 saturated carbocycles. The van der Waals surface area contributed by atoms with E-state index in [0.29, 0.717) is 11.1 Å². The van der Waals surface area contributed by atoms with Gasteiger partial charge in [-0.25, -0.2) is 0 Å². The molecule has 2 heteroatoms. The lowest BCUT2D eigenvalue weighted by Crippen LogP contribution is -2.04. The second-order valence-corrected chi connectivity index (χ2v) is 2.64. The first-order valence-corrected chi connectivity index (χ1v) is 4.05. The van der Waals surface area contributed by atoms with E-state index >= 15 is 0 Å². The smallest absolute Gasteiger partial charge is 0.160 e. The van der Waals surface area contributed by atoms with E-state index in [2.05, 4.69) is 6.58 Å². The fraction of sp³-hybridized carbons (Fsp3) is 0.273. The van der Waals surface area contributed by atoms with E-state index in [1.807, 2.05) is 0 Å². The van der Waals surface area contributed by atoms with Gasteiger partial charge in [-0.1, -0.05) is 24.8 Å². The van der Waals surface area contributed by atoms with Crippen molar-refractivity contribution in [2.45, 2.75) is 20.8 Å². The molecule has 0 rings (SSSR count). The maximum Gasteiger partial charge on any atom is 0.160 e. The summed E-state index contributed by atoms with van der Waals surface area (Å²) in [5.74, 6) is -0.262. The highest BCUT2D eigenvalue weighted by molar-refractivity contribution is 6.08. The SMILES string of the molecule is C=C/C(C(C)=O)=C(\C=C/C)C(C)=O. The van der Waals surface area contributed by atoms with E-state index in [4.69, 9.17) is 0 Å². The topological polar surface area (TPSA) is 34.1 Å². The summed E-state index contributed by atoms with van der Waals surface area (Å²) in [6.45, 7) is 8.15. The minimum Gasteiger partial charge on any atom is -0.294 e. The van der Waals surface area contributed by atoms with Gasteiger partial charge >= 0.3 is 0 Å². The molecule has 70 valence electrons. The molecule has 0 radical (unpaired) electrons. The van der Waals surface area contributed by atoms with Crippen molar-refractivity contribution in [2.75, 3.05) is 0 Å². The number of rotatable bonds is 4. The van der Waals surface area contributed by atoms with E-state index in [0.717, 1.165) is 0 Å². The Kier molecular flexibility index (Phi) is 4.67. The quantitative estimate of drug-likeness (QED) is 0.488.